The van der Waals surface area contributed by atoms with Crippen LogP contribution in [0.5, 0.6) is 0 Å². The van der Waals surface area contributed by atoms with Gasteiger partial charge in [-0.3, -0.25) is 9.36 Å². The van der Waals surface area contributed by atoms with E-state index >= 15 is 0 Å². The first-order valence-electron chi connectivity index (χ1n) is 13.7. The molecular weight excluding hydrogens is 549 g/mol. The number of thiazole rings is 1. The Balaban J connectivity index is 1.40. The number of carbonyl (C=O) groups is 1. The van der Waals surface area contributed by atoms with Crippen molar-refractivity contribution in [1.29, 1.82) is 0 Å². The van der Waals surface area contributed by atoms with Crippen molar-refractivity contribution in [1.82, 2.24) is 9.13 Å². The van der Waals surface area contributed by atoms with Gasteiger partial charge in [-0.05, 0) is 97.5 Å². The van der Waals surface area contributed by atoms with Crippen molar-refractivity contribution in [3.05, 3.63) is 149 Å². The van der Waals surface area contributed by atoms with Crippen molar-refractivity contribution >= 4 is 29.1 Å². The fraction of sp³-hybridized carbons (Fsp3) is 0.147. The first kappa shape index (κ1) is 26.1. The first-order chi connectivity index (χ1) is 20.3. The molecule has 0 radical (unpaired) electrons. The number of aromatic carboxylic acids is 1. The maximum atomic E-state index is 14.1. The largest absolute Gasteiger partial charge is 0.478 e. The van der Waals surface area contributed by atoms with Crippen LogP contribution in [0, 0.1) is 19.7 Å². The molecule has 1 atom stereocenters. The van der Waals surface area contributed by atoms with Crippen LogP contribution in [0.25, 0.3) is 17.5 Å². The Morgan fingerprint density at radius 2 is 1.76 bits per heavy atom. The minimum Gasteiger partial charge on any atom is -0.478 e. The Hall–Kier alpha value is -4.82. The Kier molecular flexibility index (Phi) is 6.17. The van der Waals surface area contributed by atoms with Gasteiger partial charge >= 0.3 is 5.97 Å². The molecule has 0 saturated heterocycles. The third kappa shape index (κ3) is 4.18. The molecule has 1 aliphatic heterocycles. The summed E-state index contributed by atoms with van der Waals surface area (Å²) < 4.78 is 18.3. The number of fused-ring (bicyclic) bond motifs is 3. The van der Waals surface area contributed by atoms with Crippen LogP contribution in [0.4, 0.5) is 4.39 Å². The molecule has 7 rings (SSSR count). The summed E-state index contributed by atoms with van der Waals surface area (Å²) in [5.41, 5.74) is 8.89. The molecule has 2 aliphatic rings. The number of allylic oxidation sites excluding steroid dienone is 1. The highest BCUT2D eigenvalue weighted by Crippen LogP contribution is 2.41. The van der Waals surface area contributed by atoms with E-state index in [0.29, 0.717) is 9.33 Å². The highest BCUT2D eigenvalue weighted by atomic mass is 32.1. The van der Waals surface area contributed by atoms with Gasteiger partial charge in [-0.1, -0.05) is 47.7 Å². The van der Waals surface area contributed by atoms with Gasteiger partial charge in [0.2, 0.25) is 0 Å². The van der Waals surface area contributed by atoms with E-state index in [1.54, 1.807) is 41.0 Å². The number of carboxylic acids is 1. The van der Waals surface area contributed by atoms with Gasteiger partial charge in [0, 0.05) is 22.6 Å². The van der Waals surface area contributed by atoms with Gasteiger partial charge in [-0.15, -0.1) is 0 Å². The van der Waals surface area contributed by atoms with E-state index in [1.165, 1.54) is 29.0 Å². The summed E-state index contributed by atoms with van der Waals surface area (Å²) in [6.45, 7) is 3.97. The lowest BCUT2D eigenvalue weighted by molar-refractivity contribution is 0.0697. The van der Waals surface area contributed by atoms with Crippen LogP contribution in [-0.4, -0.2) is 20.2 Å². The van der Waals surface area contributed by atoms with Crippen LogP contribution in [0.15, 0.2) is 94.2 Å². The number of benzene rings is 3. The maximum absolute atomic E-state index is 14.1. The molecule has 1 unspecified atom stereocenters. The highest BCUT2D eigenvalue weighted by molar-refractivity contribution is 7.07. The van der Waals surface area contributed by atoms with Crippen molar-refractivity contribution in [3.63, 3.8) is 0 Å². The molecule has 208 valence electrons. The molecule has 0 amide bonds. The number of carboxylic acid groups (broad SMARTS) is 1. The minimum absolute atomic E-state index is 0.130. The first-order valence-corrected chi connectivity index (χ1v) is 14.5. The van der Waals surface area contributed by atoms with Crippen molar-refractivity contribution in [2.75, 3.05) is 0 Å². The molecule has 3 aromatic carbocycles. The second-order valence-corrected chi connectivity index (χ2v) is 11.7. The van der Waals surface area contributed by atoms with Gasteiger partial charge in [0.15, 0.2) is 4.80 Å². The third-order valence-electron chi connectivity index (χ3n) is 8.19. The minimum atomic E-state index is -0.970. The molecule has 0 fully saturated rings. The molecule has 3 heterocycles. The Labute approximate surface area is 244 Å². The summed E-state index contributed by atoms with van der Waals surface area (Å²) in [4.78, 5) is 31.1. The molecule has 1 N–H and O–H groups in total. The molecule has 5 aromatic rings. The predicted molar refractivity (Wildman–Crippen MR) is 161 cm³/mol. The van der Waals surface area contributed by atoms with E-state index in [2.05, 4.69) is 12.1 Å². The van der Waals surface area contributed by atoms with Gasteiger partial charge in [-0.25, -0.2) is 14.2 Å². The van der Waals surface area contributed by atoms with Crippen molar-refractivity contribution in [3.8, 4) is 5.69 Å². The molecule has 2 aromatic heterocycles. The van der Waals surface area contributed by atoms with E-state index in [9.17, 15) is 19.1 Å². The summed E-state index contributed by atoms with van der Waals surface area (Å²) in [5, 5.41) is 9.27. The normalized spacial score (nSPS) is 16.1. The van der Waals surface area contributed by atoms with Crippen LogP contribution in [0.2, 0.25) is 0 Å². The zero-order valence-electron chi connectivity index (χ0n) is 23.0. The predicted octanol–water partition coefficient (Wildman–Crippen LogP) is 5.56. The molecule has 1 aliphatic carbocycles. The van der Waals surface area contributed by atoms with Crippen molar-refractivity contribution < 1.29 is 14.3 Å². The van der Waals surface area contributed by atoms with Gasteiger partial charge in [-0.2, -0.15) is 0 Å². The number of hydrogen-bond acceptors (Lipinski definition) is 4. The van der Waals surface area contributed by atoms with Crippen LogP contribution in [0.1, 0.15) is 56.5 Å². The van der Waals surface area contributed by atoms with Gasteiger partial charge < -0.3 is 9.67 Å². The van der Waals surface area contributed by atoms with Gasteiger partial charge in [0.05, 0.1) is 21.8 Å². The van der Waals surface area contributed by atoms with Crippen molar-refractivity contribution in [2.24, 2.45) is 4.99 Å². The number of hydrogen-bond donors (Lipinski definition) is 1. The molecule has 6 nitrogen and oxygen atoms in total. The Bertz CT molecular complexity index is 2120. The Morgan fingerprint density at radius 1 is 1.02 bits per heavy atom. The second kappa shape index (κ2) is 9.92. The Morgan fingerprint density at radius 3 is 2.50 bits per heavy atom. The summed E-state index contributed by atoms with van der Waals surface area (Å²) in [7, 11) is 0. The van der Waals surface area contributed by atoms with Crippen LogP contribution in [-0.2, 0) is 6.42 Å². The average Bonchev–Trinajstić information content (AvgIpc) is 3.45. The molecule has 0 bridgehead atoms. The van der Waals surface area contributed by atoms with E-state index in [-0.39, 0.29) is 23.0 Å². The molecule has 0 saturated carbocycles. The van der Waals surface area contributed by atoms with Crippen LogP contribution in [0.3, 0.4) is 0 Å². The van der Waals surface area contributed by atoms with E-state index in [1.807, 2.05) is 42.7 Å². The van der Waals surface area contributed by atoms with E-state index in [0.717, 1.165) is 57.9 Å². The van der Waals surface area contributed by atoms with E-state index < -0.39 is 5.97 Å². The highest BCUT2D eigenvalue weighted by Gasteiger charge is 2.32. The summed E-state index contributed by atoms with van der Waals surface area (Å²) in [6.07, 6.45) is 3.53. The molecule has 8 heteroatoms. The fourth-order valence-electron chi connectivity index (χ4n) is 6.19. The topological polar surface area (TPSA) is 76.6 Å². The number of rotatable bonds is 4. The SMILES string of the molecule is Cc1cc(C=c2sc3n(c2=O)C(c2ccc(F)cc2)C2=C(N=3)c3ccccc3CC2)c(C)n1-c1ccc(C(=O)O)cc1. The maximum Gasteiger partial charge on any atom is 0.335 e. The van der Waals surface area contributed by atoms with Crippen LogP contribution >= 0.6 is 11.3 Å². The fourth-order valence-corrected chi connectivity index (χ4v) is 7.18. The zero-order valence-corrected chi connectivity index (χ0v) is 23.8. The standard InChI is InChI=1S/C34H26FN3O3S/c1-19-17-24(20(2)37(19)26-14-9-23(10-15-26)33(40)41)18-29-32(39)38-31(22-7-12-25(35)13-8-22)28-16-11-21-5-3-4-6-27(21)30(28)36-34(38)42-29/h3-10,12-15,17-18,31H,11,16H2,1-2H3,(H,40,41). The number of halogens is 1. The number of nitrogens with zero attached hydrogens (tertiary/aromatic N) is 3. The monoisotopic (exact) mass is 575 g/mol. The van der Waals surface area contributed by atoms with E-state index in [4.69, 9.17) is 4.99 Å². The summed E-state index contributed by atoms with van der Waals surface area (Å²) in [5.74, 6) is -1.29. The smallest absolute Gasteiger partial charge is 0.335 e. The molecular formula is C34H26FN3O3S. The molecule has 0 spiro atoms. The zero-order chi connectivity index (χ0) is 29.1. The van der Waals surface area contributed by atoms with Crippen LogP contribution < -0.4 is 14.9 Å². The number of aryl methyl sites for hydroxylation is 2. The molecule has 42 heavy (non-hydrogen) atoms. The quantitative estimate of drug-likeness (QED) is 0.305. The lowest BCUT2D eigenvalue weighted by Gasteiger charge is -2.30. The summed E-state index contributed by atoms with van der Waals surface area (Å²) in [6, 6.07) is 23.1. The lowest BCUT2D eigenvalue weighted by atomic mass is 9.83. The average molecular weight is 576 g/mol. The summed E-state index contributed by atoms with van der Waals surface area (Å²) >= 11 is 1.36. The lowest BCUT2D eigenvalue weighted by Crippen LogP contribution is -2.38. The van der Waals surface area contributed by atoms with Gasteiger partial charge in [0.1, 0.15) is 5.82 Å². The third-order valence-corrected chi connectivity index (χ3v) is 9.17. The van der Waals surface area contributed by atoms with Crippen molar-refractivity contribution in [2.45, 2.75) is 32.7 Å². The van der Waals surface area contributed by atoms with Gasteiger partial charge in [0.25, 0.3) is 5.56 Å². The number of aromatic nitrogens is 2. The second-order valence-electron chi connectivity index (χ2n) is 10.7.